The van der Waals surface area contributed by atoms with Gasteiger partial charge in [0.2, 0.25) is 11.7 Å². The SMILES string of the molecule is COC(=O)C1=C(Nc2ccc(F)cc2)OCC1=O. The fourth-order valence-corrected chi connectivity index (χ4v) is 1.48. The zero-order valence-electron chi connectivity index (χ0n) is 9.53. The lowest BCUT2D eigenvalue weighted by Gasteiger charge is -2.07. The highest BCUT2D eigenvalue weighted by atomic mass is 19.1. The number of halogens is 1. The molecule has 0 aromatic heterocycles. The van der Waals surface area contributed by atoms with Gasteiger partial charge in [-0.3, -0.25) is 4.79 Å². The van der Waals surface area contributed by atoms with Gasteiger partial charge >= 0.3 is 5.97 Å². The Labute approximate surface area is 102 Å². The van der Waals surface area contributed by atoms with E-state index >= 15 is 0 Å². The molecule has 0 fully saturated rings. The zero-order chi connectivity index (χ0) is 13.1. The number of Topliss-reactive ketones (excluding diaryl/α,β-unsaturated/α-hetero) is 1. The Hall–Kier alpha value is -2.37. The molecule has 0 radical (unpaired) electrons. The first-order valence-corrected chi connectivity index (χ1v) is 5.13. The van der Waals surface area contributed by atoms with Crippen molar-refractivity contribution in [1.82, 2.24) is 0 Å². The third-order valence-corrected chi connectivity index (χ3v) is 2.35. The van der Waals surface area contributed by atoms with E-state index in [0.717, 1.165) is 0 Å². The van der Waals surface area contributed by atoms with Gasteiger partial charge in [-0.05, 0) is 24.3 Å². The molecular formula is C12H10FNO4. The van der Waals surface area contributed by atoms with Crippen LogP contribution in [0, 0.1) is 5.82 Å². The van der Waals surface area contributed by atoms with Crippen molar-refractivity contribution < 1.29 is 23.5 Å². The van der Waals surface area contributed by atoms with Gasteiger partial charge in [-0.15, -0.1) is 0 Å². The number of carbonyl (C=O) groups is 2. The Bertz CT molecular complexity index is 521. The minimum absolute atomic E-state index is 0.0264. The fourth-order valence-electron chi connectivity index (χ4n) is 1.48. The van der Waals surface area contributed by atoms with E-state index in [0.29, 0.717) is 5.69 Å². The molecule has 6 heteroatoms. The lowest BCUT2D eigenvalue weighted by Crippen LogP contribution is -2.14. The van der Waals surface area contributed by atoms with Crippen LogP contribution in [0.25, 0.3) is 0 Å². The summed E-state index contributed by atoms with van der Waals surface area (Å²) in [4.78, 5) is 22.8. The van der Waals surface area contributed by atoms with Crippen molar-refractivity contribution >= 4 is 17.4 Å². The highest BCUT2D eigenvalue weighted by Crippen LogP contribution is 2.20. The van der Waals surface area contributed by atoms with Gasteiger partial charge in [0.25, 0.3) is 0 Å². The van der Waals surface area contributed by atoms with Gasteiger partial charge in [-0.1, -0.05) is 0 Å². The molecule has 0 amide bonds. The molecule has 0 saturated carbocycles. The molecule has 18 heavy (non-hydrogen) atoms. The second kappa shape index (κ2) is 4.87. The first-order chi connectivity index (χ1) is 8.61. The highest BCUT2D eigenvalue weighted by molar-refractivity contribution is 6.19. The molecule has 0 aliphatic carbocycles. The van der Waals surface area contributed by atoms with Crippen molar-refractivity contribution in [2.24, 2.45) is 0 Å². The maximum atomic E-state index is 12.7. The zero-order valence-corrected chi connectivity index (χ0v) is 9.53. The van der Waals surface area contributed by atoms with Crippen LogP contribution in [-0.2, 0) is 19.1 Å². The summed E-state index contributed by atoms with van der Waals surface area (Å²) in [6.45, 7) is -0.214. The molecule has 0 bridgehead atoms. The van der Waals surface area contributed by atoms with Gasteiger partial charge in [0.1, 0.15) is 5.82 Å². The Morgan fingerprint density at radius 2 is 2.06 bits per heavy atom. The van der Waals surface area contributed by atoms with E-state index in [1.165, 1.54) is 31.4 Å². The van der Waals surface area contributed by atoms with Crippen LogP contribution in [0.5, 0.6) is 0 Å². The molecule has 1 aromatic carbocycles. The van der Waals surface area contributed by atoms with Gasteiger partial charge in [-0.2, -0.15) is 0 Å². The molecule has 0 atom stereocenters. The number of nitrogens with one attached hydrogen (secondary N) is 1. The van der Waals surface area contributed by atoms with Crippen LogP contribution in [0.3, 0.4) is 0 Å². The quantitative estimate of drug-likeness (QED) is 0.646. The summed E-state index contributed by atoms with van der Waals surface area (Å²) in [5.41, 5.74) is 0.337. The van der Waals surface area contributed by atoms with Crippen molar-refractivity contribution in [2.45, 2.75) is 0 Å². The molecule has 1 N–H and O–H groups in total. The molecule has 5 nitrogen and oxygen atoms in total. The number of ether oxygens (including phenoxy) is 2. The first-order valence-electron chi connectivity index (χ1n) is 5.13. The summed E-state index contributed by atoms with van der Waals surface area (Å²) in [7, 11) is 1.18. The fraction of sp³-hybridized carbons (Fsp3) is 0.167. The molecule has 2 rings (SSSR count). The summed E-state index contributed by atoms with van der Waals surface area (Å²) in [5, 5.41) is 2.73. The number of hydrogen-bond donors (Lipinski definition) is 1. The van der Waals surface area contributed by atoms with Crippen LogP contribution in [0.15, 0.2) is 35.7 Å². The molecule has 94 valence electrons. The number of methoxy groups -OCH3 is 1. The van der Waals surface area contributed by atoms with Gasteiger partial charge in [0.15, 0.2) is 12.2 Å². The Morgan fingerprint density at radius 3 is 2.67 bits per heavy atom. The highest BCUT2D eigenvalue weighted by Gasteiger charge is 2.31. The van der Waals surface area contributed by atoms with Crippen molar-refractivity contribution in [3.63, 3.8) is 0 Å². The normalized spacial score (nSPS) is 14.4. The van der Waals surface area contributed by atoms with Gasteiger partial charge in [-0.25, -0.2) is 9.18 Å². The lowest BCUT2D eigenvalue weighted by molar-refractivity contribution is -0.137. The van der Waals surface area contributed by atoms with Gasteiger partial charge < -0.3 is 14.8 Å². The number of esters is 1. The summed E-state index contributed by atoms with van der Waals surface area (Å²) < 4.78 is 22.3. The van der Waals surface area contributed by atoms with Gasteiger partial charge in [0.05, 0.1) is 7.11 Å². The van der Waals surface area contributed by atoms with E-state index in [-0.39, 0.29) is 23.9 Å². The van der Waals surface area contributed by atoms with Crippen LogP contribution in [0.2, 0.25) is 0 Å². The van der Waals surface area contributed by atoms with Crippen LogP contribution >= 0.6 is 0 Å². The standard InChI is InChI=1S/C12H10FNO4/c1-17-12(16)10-9(15)6-18-11(10)14-8-4-2-7(13)3-5-8/h2-5,14H,6H2,1H3. The molecule has 1 aliphatic heterocycles. The van der Waals surface area contributed by atoms with E-state index in [4.69, 9.17) is 4.74 Å². The number of ketones is 1. The van der Waals surface area contributed by atoms with Crippen LogP contribution < -0.4 is 5.32 Å². The molecular weight excluding hydrogens is 241 g/mol. The van der Waals surface area contributed by atoms with E-state index in [1.807, 2.05) is 0 Å². The van der Waals surface area contributed by atoms with Crippen LogP contribution in [0.1, 0.15) is 0 Å². The van der Waals surface area contributed by atoms with E-state index in [9.17, 15) is 14.0 Å². The summed E-state index contributed by atoms with van der Waals surface area (Å²) in [6, 6.07) is 5.42. The van der Waals surface area contributed by atoms with E-state index in [2.05, 4.69) is 10.1 Å². The average molecular weight is 251 g/mol. The largest absolute Gasteiger partial charge is 0.470 e. The smallest absolute Gasteiger partial charge is 0.347 e. The van der Waals surface area contributed by atoms with Crippen molar-refractivity contribution in [2.75, 3.05) is 19.0 Å². The van der Waals surface area contributed by atoms with Crippen molar-refractivity contribution in [3.8, 4) is 0 Å². The van der Waals surface area contributed by atoms with Crippen LogP contribution in [0.4, 0.5) is 10.1 Å². The maximum absolute atomic E-state index is 12.7. The Balaban J connectivity index is 2.26. The molecule has 1 aliphatic rings. The van der Waals surface area contributed by atoms with Crippen LogP contribution in [-0.4, -0.2) is 25.5 Å². The average Bonchev–Trinajstić information content (AvgIpc) is 2.72. The van der Waals surface area contributed by atoms with Crippen molar-refractivity contribution in [1.29, 1.82) is 0 Å². The van der Waals surface area contributed by atoms with Crippen molar-refractivity contribution in [3.05, 3.63) is 41.5 Å². The van der Waals surface area contributed by atoms with E-state index in [1.54, 1.807) is 0 Å². The summed E-state index contributed by atoms with van der Waals surface area (Å²) >= 11 is 0. The third-order valence-electron chi connectivity index (χ3n) is 2.35. The predicted octanol–water partition coefficient (Wildman–Crippen LogP) is 1.22. The minimum Gasteiger partial charge on any atom is -0.470 e. The first kappa shape index (κ1) is 12.1. The molecule has 1 aromatic rings. The summed E-state index contributed by atoms with van der Waals surface area (Å²) in [5.74, 6) is -1.57. The van der Waals surface area contributed by atoms with Gasteiger partial charge in [0, 0.05) is 5.69 Å². The number of benzene rings is 1. The molecule has 1 heterocycles. The number of anilines is 1. The predicted molar refractivity (Wildman–Crippen MR) is 60.0 cm³/mol. The monoisotopic (exact) mass is 251 g/mol. The Morgan fingerprint density at radius 1 is 1.39 bits per heavy atom. The molecule has 0 spiro atoms. The molecule has 0 unspecified atom stereocenters. The number of rotatable bonds is 3. The molecule has 0 saturated heterocycles. The van der Waals surface area contributed by atoms with E-state index < -0.39 is 11.8 Å². The second-order valence-corrected chi connectivity index (χ2v) is 3.54. The third kappa shape index (κ3) is 2.32. The second-order valence-electron chi connectivity index (χ2n) is 3.54. The maximum Gasteiger partial charge on any atom is 0.347 e. The topological polar surface area (TPSA) is 64.6 Å². The summed E-state index contributed by atoms with van der Waals surface area (Å²) in [6.07, 6.45) is 0. The lowest BCUT2D eigenvalue weighted by atomic mass is 10.2. The minimum atomic E-state index is -0.762. The Kier molecular flexibility index (Phi) is 3.27. The number of hydrogen-bond acceptors (Lipinski definition) is 5. The number of carbonyl (C=O) groups excluding carboxylic acids is 2.